The number of thioether (sulfide) groups is 1. The number of nitrogens with zero attached hydrogens (tertiary/aromatic N) is 5. The second-order valence-corrected chi connectivity index (χ2v) is 7.21. The van der Waals surface area contributed by atoms with Crippen molar-refractivity contribution < 1.29 is 4.52 Å². The molecule has 0 saturated heterocycles. The average Bonchev–Trinajstić information content (AvgIpc) is 3.27. The Morgan fingerprint density at radius 2 is 2.29 bits per heavy atom. The van der Waals surface area contributed by atoms with Crippen molar-refractivity contribution in [1.29, 1.82) is 0 Å². The molecule has 0 saturated carbocycles. The van der Waals surface area contributed by atoms with Crippen LogP contribution in [0.2, 0.25) is 0 Å². The molecule has 3 heterocycles. The van der Waals surface area contributed by atoms with Crippen LogP contribution in [0.3, 0.4) is 0 Å². The third-order valence-electron chi connectivity index (χ3n) is 3.50. The van der Waals surface area contributed by atoms with E-state index in [0.29, 0.717) is 11.7 Å². The second-order valence-electron chi connectivity index (χ2n) is 5.36. The van der Waals surface area contributed by atoms with Gasteiger partial charge in [0.2, 0.25) is 11.7 Å². The van der Waals surface area contributed by atoms with Crippen molar-refractivity contribution in [3.05, 3.63) is 52.3 Å². The number of thiazole rings is 1. The van der Waals surface area contributed by atoms with Crippen LogP contribution in [0.5, 0.6) is 0 Å². The van der Waals surface area contributed by atoms with Crippen LogP contribution in [0.4, 0.5) is 0 Å². The minimum Gasteiger partial charge on any atom is -0.339 e. The summed E-state index contributed by atoms with van der Waals surface area (Å²) in [5, 5.41) is 13.8. The smallest absolute Gasteiger partial charge is 0.223 e. The van der Waals surface area contributed by atoms with Crippen molar-refractivity contribution in [2.24, 2.45) is 5.10 Å². The lowest BCUT2D eigenvalue weighted by Crippen LogP contribution is -2.25. The molecule has 3 aromatic rings. The molecule has 1 aliphatic heterocycles. The SMILES string of the molecule is Cc1nc(-c2cccc(CN3CSCC(c4nccs4)=N3)c2)no1. The Morgan fingerprint density at radius 3 is 3.08 bits per heavy atom. The van der Waals surface area contributed by atoms with E-state index < -0.39 is 0 Å². The van der Waals surface area contributed by atoms with Crippen LogP contribution in [0.15, 0.2) is 45.5 Å². The molecule has 2 aromatic heterocycles. The highest BCUT2D eigenvalue weighted by atomic mass is 32.2. The zero-order valence-corrected chi connectivity index (χ0v) is 14.7. The van der Waals surface area contributed by atoms with E-state index in [9.17, 15) is 0 Å². The molecule has 0 bridgehead atoms. The fraction of sp³-hybridized carbons (Fsp3) is 0.250. The van der Waals surface area contributed by atoms with Crippen molar-refractivity contribution in [3.63, 3.8) is 0 Å². The van der Waals surface area contributed by atoms with E-state index in [1.807, 2.05) is 35.5 Å². The molecule has 8 heteroatoms. The van der Waals surface area contributed by atoms with Crippen LogP contribution >= 0.6 is 23.1 Å². The molecule has 1 aliphatic rings. The minimum atomic E-state index is 0.570. The summed E-state index contributed by atoms with van der Waals surface area (Å²) >= 11 is 3.49. The Bertz CT molecular complexity index is 859. The summed E-state index contributed by atoms with van der Waals surface area (Å²) in [4.78, 5) is 8.64. The van der Waals surface area contributed by atoms with Crippen LogP contribution in [0.1, 0.15) is 16.5 Å². The van der Waals surface area contributed by atoms with Crippen molar-refractivity contribution in [3.8, 4) is 11.4 Å². The van der Waals surface area contributed by atoms with Crippen LogP contribution < -0.4 is 0 Å². The number of aryl methyl sites for hydroxylation is 1. The predicted octanol–water partition coefficient (Wildman–Crippen LogP) is 3.41. The van der Waals surface area contributed by atoms with Crippen LogP contribution in [-0.2, 0) is 6.54 Å². The van der Waals surface area contributed by atoms with E-state index in [1.165, 1.54) is 5.56 Å². The first-order chi connectivity index (χ1) is 11.8. The Hall–Kier alpha value is -2.19. The zero-order valence-electron chi connectivity index (χ0n) is 13.0. The maximum Gasteiger partial charge on any atom is 0.223 e. The quantitative estimate of drug-likeness (QED) is 0.713. The minimum absolute atomic E-state index is 0.570. The van der Waals surface area contributed by atoms with Crippen molar-refractivity contribution >= 4 is 28.8 Å². The summed E-state index contributed by atoms with van der Waals surface area (Å²) in [6.45, 7) is 2.53. The normalized spacial score (nSPS) is 14.7. The molecule has 0 N–H and O–H groups in total. The van der Waals surface area contributed by atoms with Crippen LogP contribution in [-0.4, -0.2) is 37.5 Å². The predicted molar refractivity (Wildman–Crippen MR) is 96.0 cm³/mol. The average molecular weight is 357 g/mol. The second kappa shape index (κ2) is 6.74. The van der Waals surface area contributed by atoms with Crippen molar-refractivity contribution in [1.82, 2.24) is 20.1 Å². The first kappa shape index (κ1) is 15.3. The van der Waals surface area contributed by atoms with Gasteiger partial charge in [-0.05, 0) is 11.6 Å². The molecule has 0 aliphatic carbocycles. The van der Waals surface area contributed by atoms with Gasteiger partial charge in [0.1, 0.15) is 10.7 Å². The molecule has 0 radical (unpaired) electrons. The molecule has 0 fully saturated rings. The summed E-state index contributed by atoms with van der Waals surface area (Å²) in [6.07, 6.45) is 1.82. The highest BCUT2D eigenvalue weighted by Crippen LogP contribution is 2.22. The van der Waals surface area contributed by atoms with Crippen LogP contribution in [0, 0.1) is 6.92 Å². The van der Waals surface area contributed by atoms with Gasteiger partial charge in [-0.15, -0.1) is 23.1 Å². The topological polar surface area (TPSA) is 67.4 Å². The summed E-state index contributed by atoms with van der Waals surface area (Å²) in [5.41, 5.74) is 3.17. The molecule has 1 aromatic carbocycles. The highest BCUT2D eigenvalue weighted by Gasteiger charge is 2.16. The lowest BCUT2D eigenvalue weighted by molar-refractivity contribution is 0.329. The number of aromatic nitrogens is 3. The van der Waals surface area contributed by atoms with E-state index in [2.05, 4.69) is 32.3 Å². The maximum absolute atomic E-state index is 5.06. The van der Waals surface area contributed by atoms with Gasteiger partial charge in [-0.1, -0.05) is 23.4 Å². The summed E-state index contributed by atoms with van der Waals surface area (Å²) in [7, 11) is 0. The Kier molecular flexibility index (Phi) is 4.31. The van der Waals surface area contributed by atoms with Gasteiger partial charge in [0.15, 0.2) is 0 Å². The molecule has 122 valence electrons. The summed E-state index contributed by atoms with van der Waals surface area (Å²) < 4.78 is 5.06. The zero-order chi connectivity index (χ0) is 16.4. The number of hydrogen-bond donors (Lipinski definition) is 0. The first-order valence-electron chi connectivity index (χ1n) is 7.47. The summed E-state index contributed by atoms with van der Waals surface area (Å²) in [6, 6.07) is 8.18. The van der Waals surface area contributed by atoms with E-state index in [0.717, 1.165) is 34.5 Å². The Labute approximate surface area is 147 Å². The third kappa shape index (κ3) is 3.34. The Balaban J connectivity index is 1.54. The lowest BCUT2D eigenvalue weighted by atomic mass is 10.1. The van der Waals surface area contributed by atoms with Gasteiger partial charge in [-0.3, -0.25) is 5.01 Å². The molecule has 24 heavy (non-hydrogen) atoms. The number of rotatable bonds is 4. The molecule has 0 unspecified atom stereocenters. The van der Waals surface area contributed by atoms with E-state index in [-0.39, 0.29) is 0 Å². The molecule has 0 spiro atoms. The van der Waals surface area contributed by atoms with Gasteiger partial charge in [-0.25, -0.2) is 4.98 Å². The standard InChI is InChI=1S/C16H15N5OS2/c1-11-18-15(20-22-11)13-4-2-3-12(7-13)8-21-10-23-9-14(19-21)16-17-5-6-24-16/h2-7H,8-10H2,1H3. The molecule has 0 atom stereocenters. The monoisotopic (exact) mass is 357 g/mol. The van der Waals surface area contributed by atoms with Gasteiger partial charge in [0.25, 0.3) is 0 Å². The Morgan fingerprint density at radius 1 is 1.33 bits per heavy atom. The highest BCUT2D eigenvalue weighted by molar-refractivity contribution is 8.00. The van der Waals surface area contributed by atoms with E-state index in [1.54, 1.807) is 18.3 Å². The van der Waals surface area contributed by atoms with Gasteiger partial charge in [0, 0.05) is 29.8 Å². The molecule has 6 nitrogen and oxygen atoms in total. The van der Waals surface area contributed by atoms with Gasteiger partial charge in [-0.2, -0.15) is 10.1 Å². The number of benzene rings is 1. The fourth-order valence-electron chi connectivity index (χ4n) is 2.46. The first-order valence-corrected chi connectivity index (χ1v) is 9.51. The van der Waals surface area contributed by atoms with E-state index >= 15 is 0 Å². The van der Waals surface area contributed by atoms with E-state index in [4.69, 9.17) is 9.62 Å². The number of hydrazone groups is 1. The van der Waals surface area contributed by atoms with Crippen LogP contribution in [0.25, 0.3) is 11.4 Å². The molecular weight excluding hydrogens is 342 g/mol. The fourth-order valence-corrected chi connectivity index (χ4v) is 4.02. The van der Waals surface area contributed by atoms with Crippen molar-refractivity contribution in [2.45, 2.75) is 13.5 Å². The molecular formula is C16H15N5OS2. The van der Waals surface area contributed by atoms with Gasteiger partial charge < -0.3 is 4.52 Å². The van der Waals surface area contributed by atoms with Gasteiger partial charge >= 0.3 is 0 Å². The lowest BCUT2D eigenvalue weighted by Gasteiger charge is -2.24. The third-order valence-corrected chi connectivity index (χ3v) is 5.28. The molecule has 0 amide bonds. The molecule has 4 rings (SSSR count). The number of hydrogen-bond acceptors (Lipinski definition) is 8. The largest absolute Gasteiger partial charge is 0.339 e. The van der Waals surface area contributed by atoms with Crippen molar-refractivity contribution in [2.75, 3.05) is 11.6 Å². The van der Waals surface area contributed by atoms with Gasteiger partial charge in [0.05, 0.1) is 12.4 Å². The maximum atomic E-state index is 5.06. The summed E-state index contributed by atoms with van der Waals surface area (Å²) in [5.74, 6) is 2.97.